The minimum Gasteiger partial charge on any atom is -0.364 e. The van der Waals surface area contributed by atoms with Crippen molar-refractivity contribution in [1.82, 2.24) is 5.32 Å². The molecule has 35 heavy (non-hydrogen) atoms. The van der Waals surface area contributed by atoms with Crippen molar-refractivity contribution in [3.63, 3.8) is 0 Å². The molecule has 2 aromatic rings. The summed E-state index contributed by atoms with van der Waals surface area (Å²) in [7, 11) is 0. The fourth-order valence-corrected chi connectivity index (χ4v) is 5.67. The molecule has 0 bridgehead atoms. The fourth-order valence-electron chi connectivity index (χ4n) is 5.67. The summed E-state index contributed by atoms with van der Waals surface area (Å²) in [5.41, 5.74) is 5.72. The van der Waals surface area contributed by atoms with Crippen LogP contribution in [-0.2, 0) is 16.0 Å². The molecular weight excluding hydrogens is 438 g/mol. The normalized spacial score (nSPS) is 21.0. The van der Waals surface area contributed by atoms with E-state index in [1.54, 1.807) is 18.2 Å². The van der Waals surface area contributed by atoms with Gasteiger partial charge >= 0.3 is 6.03 Å². The molecule has 1 saturated heterocycles. The average Bonchev–Trinajstić information content (AvgIpc) is 2.76. The molecule has 4 amide bonds. The van der Waals surface area contributed by atoms with Crippen LogP contribution < -0.4 is 15.1 Å². The minimum atomic E-state index is -0.730. The van der Waals surface area contributed by atoms with Crippen LogP contribution in [0.15, 0.2) is 42.0 Å². The highest BCUT2D eigenvalue weighted by Gasteiger charge is 2.39. The standard InChI is InChI=1S/C29H35N3O3/c1-8-20-9-11-22(12-10-20)31-27(34)24(26(33)30-28(31)35)15-21-14-23-19(5)16-29(6,7)32(17(2)3)25(23)13-18(21)4/h9-15,17,19H,8,16H2,1-7H3,(H,30,33,35)/b24-15+/t19-/m0/s1. The number of barbiturate groups is 1. The van der Waals surface area contributed by atoms with Gasteiger partial charge in [0.1, 0.15) is 5.57 Å². The van der Waals surface area contributed by atoms with E-state index in [1.807, 2.05) is 26.0 Å². The first kappa shape index (κ1) is 24.7. The number of amides is 4. The summed E-state index contributed by atoms with van der Waals surface area (Å²) in [6.07, 6.45) is 3.48. The maximum Gasteiger partial charge on any atom is 0.335 e. The average molecular weight is 474 g/mol. The number of hydrogen-bond donors (Lipinski definition) is 1. The van der Waals surface area contributed by atoms with Crippen molar-refractivity contribution in [3.05, 3.63) is 64.2 Å². The van der Waals surface area contributed by atoms with E-state index in [-0.39, 0.29) is 11.1 Å². The second-order valence-corrected chi connectivity index (χ2v) is 10.6. The van der Waals surface area contributed by atoms with E-state index in [0.717, 1.165) is 34.4 Å². The quantitative estimate of drug-likeness (QED) is 0.455. The van der Waals surface area contributed by atoms with Crippen molar-refractivity contribution in [2.24, 2.45) is 0 Å². The van der Waals surface area contributed by atoms with Crippen LogP contribution in [-0.4, -0.2) is 29.4 Å². The van der Waals surface area contributed by atoms with Gasteiger partial charge in [-0.25, -0.2) is 9.69 Å². The summed E-state index contributed by atoms with van der Waals surface area (Å²) in [5, 5.41) is 2.33. The van der Waals surface area contributed by atoms with Crippen LogP contribution >= 0.6 is 0 Å². The Kier molecular flexibility index (Phi) is 6.34. The topological polar surface area (TPSA) is 69.7 Å². The monoisotopic (exact) mass is 473 g/mol. The second kappa shape index (κ2) is 8.99. The predicted octanol–water partition coefficient (Wildman–Crippen LogP) is 5.72. The van der Waals surface area contributed by atoms with Gasteiger partial charge in [0.2, 0.25) is 0 Å². The first-order valence-corrected chi connectivity index (χ1v) is 12.4. The van der Waals surface area contributed by atoms with Crippen molar-refractivity contribution in [1.29, 1.82) is 0 Å². The molecule has 2 aromatic carbocycles. The smallest absolute Gasteiger partial charge is 0.335 e. The van der Waals surface area contributed by atoms with Gasteiger partial charge in [-0.05, 0) is 106 Å². The van der Waals surface area contributed by atoms with Gasteiger partial charge in [0.15, 0.2) is 0 Å². The predicted molar refractivity (Wildman–Crippen MR) is 141 cm³/mol. The largest absolute Gasteiger partial charge is 0.364 e. The van der Waals surface area contributed by atoms with Crippen LogP contribution in [0.5, 0.6) is 0 Å². The van der Waals surface area contributed by atoms with Crippen molar-refractivity contribution in [2.75, 3.05) is 9.80 Å². The van der Waals surface area contributed by atoms with Crippen LogP contribution in [0.25, 0.3) is 6.08 Å². The van der Waals surface area contributed by atoms with E-state index in [4.69, 9.17) is 0 Å². The van der Waals surface area contributed by atoms with Gasteiger partial charge in [-0.3, -0.25) is 14.9 Å². The lowest BCUT2D eigenvalue weighted by Gasteiger charge is -2.50. The number of rotatable bonds is 4. The molecule has 6 nitrogen and oxygen atoms in total. The summed E-state index contributed by atoms with van der Waals surface area (Å²) in [4.78, 5) is 42.2. The molecule has 4 rings (SSSR count). The number of urea groups is 1. The Morgan fingerprint density at radius 2 is 1.77 bits per heavy atom. The van der Waals surface area contributed by atoms with Crippen molar-refractivity contribution < 1.29 is 14.4 Å². The molecule has 0 radical (unpaired) electrons. The molecule has 0 spiro atoms. The number of nitrogens with zero attached hydrogens (tertiary/aromatic N) is 2. The van der Waals surface area contributed by atoms with E-state index in [9.17, 15) is 14.4 Å². The highest BCUT2D eigenvalue weighted by Crippen LogP contribution is 2.45. The zero-order chi connectivity index (χ0) is 25.7. The van der Waals surface area contributed by atoms with Crippen LogP contribution in [0.1, 0.15) is 76.1 Å². The van der Waals surface area contributed by atoms with Gasteiger partial charge < -0.3 is 4.90 Å². The minimum absolute atomic E-state index is 0.0282. The summed E-state index contributed by atoms with van der Waals surface area (Å²) in [6.45, 7) is 15.2. The van der Waals surface area contributed by atoms with Crippen LogP contribution in [0, 0.1) is 6.92 Å². The third kappa shape index (κ3) is 4.38. The second-order valence-electron chi connectivity index (χ2n) is 10.6. The summed E-state index contributed by atoms with van der Waals surface area (Å²) < 4.78 is 0. The van der Waals surface area contributed by atoms with E-state index in [2.05, 4.69) is 57.0 Å². The first-order valence-electron chi connectivity index (χ1n) is 12.4. The Morgan fingerprint density at radius 1 is 1.11 bits per heavy atom. The van der Waals surface area contributed by atoms with Crippen molar-refractivity contribution in [2.45, 2.75) is 78.8 Å². The van der Waals surface area contributed by atoms with Crippen LogP contribution in [0.2, 0.25) is 0 Å². The third-order valence-corrected chi connectivity index (χ3v) is 7.18. The molecule has 1 atom stereocenters. The number of anilines is 2. The molecule has 2 heterocycles. The number of hydrogen-bond acceptors (Lipinski definition) is 4. The summed E-state index contributed by atoms with van der Waals surface area (Å²) >= 11 is 0. The molecule has 2 aliphatic heterocycles. The number of fused-ring (bicyclic) bond motifs is 1. The summed E-state index contributed by atoms with van der Waals surface area (Å²) in [5.74, 6) is -0.951. The van der Waals surface area contributed by atoms with Gasteiger partial charge in [0, 0.05) is 17.3 Å². The number of aryl methyl sites for hydroxylation is 2. The molecule has 0 unspecified atom stereocenters. The lowest BCUT2D eigenvalue weighted by Crippen LogP contribution is -2.54. The van der Waals surface area contributed by atoms with E-state index in [0.29, 0.717) is 17.6 Å². The lowest BCUT2D eigenvalue weighted by atomic mass is 9.78. The van der Waals surface area contributed by atoms with Crippen molar-refractivity contribution in [3.8, 4) is 0 Å². The fraction of sp³-hybridized carbons (Fsp3) is 0.414. The highest BCUT2D eigenvalue weighted by atomic mass is 16.2. The van der Waals surface area contributed by atoms with Gasteiger partial charge in [-0.15, -0.1) is 0 Å². The number of carbonyl (C=O) groups excluding carboxylic acids is 3. The van der Waals surface area contributed by atoms with Gasteiger partial charge in [0.25, 0.3) is 11.8 Å². The maximum absolute atomic E-state index is 13.4. The Bertz CT molecular complexity index is 1220. The molecule has 0 aliphatic carbocycles. The SMILES string of the molecule is CCc1ccc(N2C(=O)NC(=O)/C(=C\c3cc4c(cc3C)N(C(C)C)C(C)(C)C[C@@H]4C)C2=O)cc1. The first-order chi connectivity index (χ1) is 16.4. The highest BCUT2D eigenvalue weighted by molar-refractivity contribution is 6.39. The number of imide groups is 2. The van der Waals surface area contributed by atoms with Gasteiger partial charge in [-0.1, -0.05) is 26.0 Å². The lowest BCUT2D eigenvalue weighted by molar-refractivity contribution is -0.122. The van der Waals surface area contributed by atoms with Gasteiger partial charge in [-0.2, -0.15) is 0 Å². The van der Waals surface area contributed by atoms with Gasteiger partial charge in [0.05, 0.1) is 5.69 Å². The van der Waals surface area contributed by atoms with Crippen LogP contribution in [0.3, 0.4) is 0 Å². The maximum atomic E-state index is 13.4. The zero-order valence-electron chi connectivity index (χ0n) is 21.7. The van der Waals surface area contributed by atoms with Crippen LogP contribution in [0.4, 0.5) is 16.2 Å². The molecule has 6 heteroatoms. The Balaban J connectivity index is 1.77. The number of carbonyl (C=O) groups is 3. The Labute approximate surface area is 208 Å². The molecular formula is C29H35N3O3. The molecule has 1 fully saturated rings. The van der Waals surface area contributed by atoms with Crippen molar-refractivity contribution >= 4 is 35.3 Å². The molecule has 0 saturated carbocycles. The summed E-state index contributed by atoms with van der Waals surface area (Å²) in [6, 6.07) is 11.1. The third-order valence-electron chi connectivity index (χ3n) is 7.18. The Morgan fingerprint density at radius 3 is 2.37 bits per heavy atom. The zero-order valence-corrected chi connectivity index (χ0v) is 21.7. The molecule has 184 valence electrons. The number of benzene rings is 2. The Hall–Kier alpha value is -3.41. The molecule has 2 aliphatic rings. The van der Waals surface area contributed by atoms with E-state index >= 15 is 0 Å². The van der Waals surface area contributed by atoms with E-state index < -0.39 is 17.8 Å². The molecule has 0 aromatic heterocycles. The number of nitrogens with one attached hydrogen (secondary N) is 1. The molecule has 1 N–H and O–H groups in total. The van der Waals surface area contributed by atoms with E-state index in [1.165, 1.54) is 11.3 Å².